The standard InChI is InChI=1S/C22H27NO5/c1-16-20(26-14-17-9-5-3-6-10-17)22(2,13-19(24)28-16)23-21(25)27-15-18-11-7-4-8-12-18/h3-12,16,19-20,24H,13-15H2,1-2H3,(H,23,25)/t16-,19?,20+,22-/m0/s1. The number of alkyl carbamates (subject to hydrolysis) is 1. The predicted molar refractivity (Wildman–Crippen MR) is 104 cm³/mol. The fraction of sp³-hybridized carbons (Fsp3) is 0.409. The van der Waals surface area contributed by atoms with Crippen molar-refractivity contribution in [1.82, 2.24) is 5.32 Å². The van der Waals surface area contributed by atoms with Gasteiger partial charge in [-0.2, -0.15) is 0 Å². The lowest BCUT2D eigenvalue weighted by atomic mass is 9.85. The molecule has 2 N–H and O–H groups in total. The first-order valence-corrected chi connectivity index (χ1v) is 9.44. The van der Waals surface area contributed by atoms with Gasteiger partial charge < -0.3 is 24.6 Å². The molecule has 0 saturated carbocycles. The first-order chi connectivity index (χ1) is 13.5. The molecule has 0 bridgehead atoms. The summed E-state index contributed by atoms with van der Waals surface area (Å²) in [6.07, 6.45) is -2.17. The minimum Gasteiger partial charge on any atom is -0.445 e. The monoisotopic (exact) mass is 385 g/mol. The van der Waals surface area contributed by atoms with E-state index in [1.54, 1.807) is 0 Å². The second-order valence-corrected chi connectivity index (χ2v) is 7.32. The highest BCUT2D eigenvalue weighted by molar-refractivity contribution is 5.68. The Kier molecular flexibility index (Phi) is 6.67. The zero-order valence-corrected chi connectivity index (χ0v) is 16.2. The van der Waals surface area contributed by atoms with E-state index < -0.39 is 30.1 Å². The van der Waals surface area contributed by atoms with Crippen molar-refractivity contribution in [1.29, 1.82) is 0 Å². The van der Waals surface area contributed by atoms with Gasteiger partial charge in [0, 0.05) is 6.42 Å². The van der Waals surface area contributed by atoms with E-state index in [0.717, 1.165) is 11.1 Å². The largest absolute Gasteiger partial charge is 0.445 e. The molecular weight excluding hydrogens is 358 g/mol. The number of benzene rings is 2. The van der Waals surface area contributed by atoms with Crippen molar-refractivity contribution >= 4 is 6.09 Å². The van der Waals surface area contributed by atoms with Crippen LogP contribution in [0.5, 0.6) is 0 Å². The summed E-state index contributed by atoms with van der Waals surface area (Å²) in [5, 5.41) is 13.0. The van der Waals surface area contributed by atoms with Gasteiger partial charge >= 0.3 is 6.09 Å². The van der Waals surface area contributed by atoms with Gasteiger partial charge in [-0.05, 0) is 25.0 Å². The fourth-order valence-electron chi connectivity index (χ4n) is 3.56. The summed E-state index contributed by atoms with van der Waals surface area (Å²) in [7, 11) is 0. The van der Waals surface area contributed by atoms with E-state index in [1.807, 2.05) is 74.5 Å². The van der Waals surface area contributed by atoms with Crippen LogP contribution in [0.1, 0.15) is 31.4 Å². The van der Waals surface area contributed by atoms with E-state index in [9.17, 15) is 9.90 Å². The molecule has 0 aliphatic carbocycles. The van der Waals surface area contributed by atoms with Gasteiger partial charge in [0.2, 0.25) is 0 Å². The lowest BCUT2D eigenvalue weighted by Crippen LogP contribution is -2.64. The lowest BCUT2D eigenvalue weighted by molar-refractivity contribution is -0.233. The summed E-state index contributed by atoms with van der Waals surface area (Å²) in [5.74, 6) is 0. The van der Waals surface area contributed by atoms with Crippen LogP contribution in [0.2, 0.25) is 0 Å². The number of carbonyl (C=O) groups excluding carboxylic acids is 1. The minimum atomic E-state index is -0.981. The molecule has 1 saturated heterocycles. The maximum Gasteiger partial charge on any atom is 0.407 e. The van der Waals surface area contributed by atoms with Gasteiger partial charge in [-0.1, -0.05) is 60.7 Å². The van der Waals surface area contributed by atoms with Crippen molar-refractivity contribution in [2.45, 2.75) is 57.5 Å². The predicted octanol–water partition coefficient (Wildman–Crippen LogP) is 3.38. The Morgan fingerprint density at radius 2 is 1.68 bits per heavy atom. The van der Waals surface area contributed by atoms with Crippen molar-refractivity contribution in [3.05, 3.63) is 71.8 Å². The molecule has 1 aliphatic rings. The minimum absolute atomic E-state index is 0.174. The van der Waals surface area contributed by atoms with Crippen LogP contribution in [0.25, 0.3) is 0 Å². The van der Waals surface area contributed by atoms with E-state index in [2.05, 4.69) is 5.32 Å². The van der Waals surface area contributed by atoms with E-state index in [1.165, 1.54) is 0 Å². The van der Waals surface area contributed by atoms with Crippen LogP contribution >= 0.6 is 0 Å². The summed E-state index contributed by atoms with van der Waals surface area (Å²) >= 11 is 0. The van der Waals surface area contributed by atoms with Crippen molar-refractivity contribution in [3.63, 3.8) is 0 Å². The Bertz CT molecular complexity index is 754. The number of nitrogens with one attached hydrogen (secondary N) is 1. The van der Waals surface area contributed by atoms with Crippen LogP contribution < -0.4 is 5.32 Å². The molecule has 6 nitrogen and oxygen atoms in total. The average molecular weight is 385 g/mol. The highest BCUT2D eigenvalue weighted by Crippen LogP contribution is 2.31. The molecule has 0 aromatic heterocycles. The summed E-state index contributed by atoms with van der Waals surface area (Å²) in [6, 6.07) is 19.3. The van der Waals surface area contributed by atoms with Crippen molar-refractivity contribution in [2.75, 3.05) is 0 Å². The number of hydrogen-bond acceptors (Lipinski definition) is 5. The summed E-state index contributed by atoms with van der Waals surface area (Å²) in [4.78, 5) is 12.4. The van der Waals surface area contributed by atoms with E-state index >= 15 is 0 Å². The molecule has 1 aliphatic heterocycles. The second-order valence-electron chi connectivity index (χ2n) is 7.32. The lowest BCUT2D eigenvalue weighted by Gasteiger charge is -2.46. The molecule has 4 atom stereocenters. The molecular formula is C22H27NO5. The van der Waals surface area contributed by atoms with E-state index in [0.29, 0.717) is 6.61 Å². The van der Waals surface area contributed by atoms with Gasteiger partial charge in [-0.15, -0.1) is 0 Å². The highest BCUT2D eigenvalue weighted by Gasteiger charge is 2.47. The Morgan fingerprint density at radius 1 is 1.11 bits per heavy atom. The SMILES string of the molecule is C[C@@H]1OC(O)C[C@](C)(NC(=O)OCc2ccccc2)[C@@H]1OCc1ccccc1. The zero-order valence-electron chi connectivity index (χ0n) is 16.2. The third kappa shape index (κ3) is 5.32. The van der Waals surface area contributed by atoms with Crippen LogP contribution in [0.3, 0.4) is 0 Å². The summed E-state index contributed by atoms with van der Waals surface area (Å²) < 4.78 is 17.0. The van der Waals surface area contributed by atoms with Crippen molar-refractivity contribution < 1.29 is 24.1 Å². The Hall–Kier alpha value is -2.41. The van der Waals surface area contributed by atoms with Gasteiger partial charge in [-0.25, -0.2) is 4.79 Å². The molecule has 0 radical (unpaired) electrons. The normalized spacial score (nSPS) is 27.2. The van der Waals surface area contributed by atoms with Crippen LogP contribution in [-0.4, -0.2) is 35.2 Å². The highest BCUT2D eigenvalue weighted by atomic mass is 16.6. The first kappa shape index (κ1) is 20.3. The molecule has 1 amide bonds. The van der Waals surface area contributed by atoms with Gasteiger partial charge in [0.15, 0.2) is 6.29 Å². The molecule has 150 valence electrons. The first-order valence-electron chi connectivity index (χ1n) is 9.44. The maximum absolute atomic E-state index is 12.4. The quantitative estimate of drug-likeness (QED) is 0.797. The van der Waals surface area contributed by atoms with Gasteiger partial charge in [-0.3, -0.25) is 0 Å². The molecule has 2 aromatic carbocycles. The second kappa shape index (κ2) is 9.19. The molecule has 0 spiro atoms. The maximum atomic E-state index is 12.4. The number of ether oxygens (including phenoxy) is 3. The van der Waals surface area contributed by atoms with Gasteiger partial charge in [0.05, 0.1) is 18.2 Å². The number of hydrogen-bond donors (Lipinski definition) is 2. The Labute approximate surface area is 165 Å². The third-order valence-electron chi connectivity index (χ3n) is 4.90. The van der Waals surface area contributed by atoms with Crippen LogP contribution in [0, 0.1) is 0 Å². The van der Waals surface area contributed by atoms with Crippen LogP contribution in [0.15, 0.2) is 60.7 Å². The number of aliphatic hydroxyl groups excluding tert-OH is 1. The molecule has 28 heavy (non-hydrogen) atoms. The molecule has 2 aromatic rings. The zero-order chi connectivity index (χ0) is 20.0. The van der Waals surface area contributed by atoms with Crippen molar-refractivity contribution in [2.24, 2.45) is 0 Å². The van der Waals surface area contributed by atoms with Crippen LogP contribution in [0.4, 0.5) is 4.79 Å². The van der Waals surface area contributed by atoms with Crippen LogP contribution in [-0.2, 0) is 27.4 Å². The van der Waals surface area contributed by atoms with Crippen molar-refractivity contribution in [3.8, 4) is 0 Å². The Balaban J connectivity index is 1.64. The number of rotatable bonds is 6. The molecule has 3 rings (SSSR count). The third-order valence-corrected chi connectivity index (χ3v) is 4.90. The van der Waals surface area contributed by atoms with E-state index in [-0.39, 0.29) is 13.0 Å². The summed E-state index contributed by atoms with van der Waals surface area (Å²) in [5.41, 5.74) is 1.09. The number of carbonyl (C=O) groups is 1. The molecule has 1 heterocycles. The van der Waals surface area contributed by atoms with E-state index in [4.69, 9.17) is 14.2 Å². The molecule has 1 unspecified atom stereocenters. The molecule has 1 fully saturated rings. The fourth-order valence-corrected chi connectivity index (χ4v) is 3.56. The summed E-state index contributed by atoms with van der Waals surface area (Å²) in [6.45, 7) is 4.22. The van der Waals surface area contributed by atoms with Gasteiger partial charge in [0.1, 0.15) is 12.7 Å². The average Bonchev–Trinajstić information content (AvgIpc) is 2.67. The van der Waals surface area contributed by atoms with Gasteiger partial charge in [0.25, 0.3) is 0 Å². The smallest absolute Gasteiger partial charge is 0.407 e. The number of aliphatic hydroxyl groups is 1. The number of amides is 1. The Morgan fingerprint density at radius 3 is 2.29 bits per heavy atom. The topological polar surface area (TPSA) is 77.0 Å². The molecule has 6 heteroatoms.